The minimum atomic E-state index is -1.39. The molecule has 3 aromatic carbocycles. The third-order valence-electron chi connectivity index (χ3n) is 10.2. The normalized spacial score (nSPS) is 20.8. The van der Waals surface area contributed by atoms with E-state index in [1.54, 1.807) is 43.9 Å². The van der Waals surface area contributed by atoms with Crippen molar-refractivity contribution in [2.75, 3.05) is 46.6 Å². The standard InChI is InChI=1S/C42H51N7O9/c1-29-38(51)44-18-23-56-32-11-13-33(14-12-32)58-42(41(54)47-34(25-30-7-4-3-5-8-30)39(52)46-35(27-50)40(53)45-29)15-19-48(20-16-42)26-31-9-6-10-36(55-2)37(31)57-24-22-49-21-17-43-28-49/h3-14,17,21,28-29,34-35,50H,15-16,18-20,22-27H2,1-2H3,(H,44,51)(H,45,53)(H,46,52)(H,47,54)/t29-,34+,35-/m0/s1. The van der Waals surface area contributed by atoms with Crippen LogP contribution in [0.4, 0.5) is 0 Å². The van der Waals surface area contributed by atoms with Crippen LogP contribution >= 0.6 is 0 Å². The summed E-state index contributed by atoms with van der Waals surface area (Å²) in [5.41, 5.74) is 0.296. The lowest BCUT2D eigenvalue weighted by atomic mass is 9.88. The summed E-state index contributed by atoms with van der Waals surface area (Å²) in [4.78, 5) is 60.8. The summed E-state index contributed by atoms with van der Waals surface area (Å²) in [7, 11) is 1.60. The summed E-state index contributed by atoms with van der Waals surface area (Å²) in [6, 6.07) is 18.3. The smallest absolute Gasteiger partial charge is 0.264 e. The van der Waals surface area contributed by atoms with Crippen molar-refractivity contribution in [2.24, 2.45) is 0 Å². The van der Waals surface area contributed by atoms with Gasteiger partial charge in [0, 0.05) is 56.9 Å². The first-order valence-electron chi connectivity index (χ1n) is 19.4. The van der Waals surface area contributed by atoms with Gasteiger partial charge in [-0.2, -0.15) is 0 Å². The Kier molecular flexibility index (Phi) is 14.2. The molecule has 1 saturated heterocycles. The highest BCUT2D eigenvalue weighted by molar-refractivity contribution is 5.95. The molecular formula is C42H51N7O9. The number of aromatic nitrogens is 2. The molecule has 0 saturated carbocycles. The van der Waals surface area contributed by atoms with E-state index in [-0.39, 0.29) is 32.4 Å². The maximum atomic E-state index is 14.7. The summed E-state index contributed by atoms with van der Waals surface area (Å²) < 4.78 is 26.3. The highest BCUT2D eigenvalue weighted by Gasteiger charge is 2.45. The second-order valence-electron chi connectivity index (χ2n) is 14.3. The Morgan fingerprint density at radius 1 is 0.879 bits per heavy atom. The Morgan fingerprint density at radius 3 is 2.33 bits per heavy atom. The van der Waals surface area contributed by atoms with Crippen LogP contribution in [0.5, 0.6) is 23.0 Å². The van der Waals surface area contributed by atoms with Gasteiger partial charge >= 0.3 is 0 Å². The molecule has 3 aliphatic heterocycles. The predicted octanol–water partition coefficient (Wildman–Crippen LogP) is 1.60. The molecule has 7 rings (SSSR count). The minimum absolute atomic E-state index is 0.0880. The molecule has 4 heterocycles. The van der Waals surface area contributed by atoms with Crippen molar-refractivity contribution in [1.82, 2.24) is 35.7 Å². The fourth-order valence-electron chi connectivity index (χ4n) is 6.89. The van der Waals surface area contributed by atoms with E-state index in [0.717, 1.165) is 11.1 Å². The van der Waals surface area contributed by atoms with E-state index in [1.165, 1.54) is 6.92 Å². The van der Waals surface area contributed by atoms with Crippen LogP contribution in [0.25, 0.3) is 0 Å². The van der Waals surface area contributed by atoms with E-state index in [4.69, 9.17) is 18.9 Å². The monoisotopic (exact) mass is 797 g/mol. The van der Waals surface area contributed by atoms with Gasteiger partial charge in [-0.1, -0.05) is 42.5 Å². The molecule has 3 atom stereocenters. The lowest BCUT2D eigenvalue weighted by molar-refractivity contribution is -0.144. The van der Waals surface area contributed by atoms with Crippen molar-refractivity contribution in [2.45, 2.75) is 63.0 Å². The number of aliphatic hydroxyl groups is 1. The van der Waals surface area contributed by atoms with Crippen LogP contribution in [0.15, 0.2) is 91.5 Å². The van der Waals surface area contributed by atoms with Gasteiger partial charge in [-0.25, -0.2) is 4.98 Å². The number of para-hydroxylation sites is 1. The number of hydrogen-bond donors (Lipinski definition) is 5. The van der Waals surface area contributed by atoms with Crippen molar-refractivity contribution in [3.8, 4) is 23.0 Å². The number of fused-ring (bicyclic) bond motifs is 15. The number of aliphatic hydroxyl groups excluding tert-OH is 1. The number of amides is 4. The highest BCUT2D eigenvalue weighted by Crippen LogP contribution is 2.35. The summed E-state index contributed by atoms with van der Waals surface area (Å²) >= 11 is 0. The maximum Gasteiger partial charge on any atom is 0.264 e. The van der Waals surface area contributed by atoms with E-state index in [9.17, 15) is 24.3 Å². The minimum Gasteiger partial charge on any atom is -0.493 e. The Labute approximate surface area is 337 Å². The molecule has 2 bridgehead atoms. The topological polar surface area (TPSA) is 195 Å². The quantitative estimate of drug-likeness (QED) is 0.146. The van der Waals surface area contributed by atoms with E-state index in [1.807, 2.05) is 59.3 Å². The van der Waals surface area contributed by atoms with E-state index >= 15 is 0 Å². The summed E-state index contributed by atoms with van der Waals surface area (Å²) in [5, 5.41) is 20.9. The molecular weight excluding hydrogens is 747 g/mol. The number of carbonyl (C=O) groups excluding carboxylic acids is 4. The molecule has 0 aliphatic carbocycles. The van der Waals surface area contributed by atoms with Gasteiger partial charge in [-0.15, -0.1) is 0 Å². The van der Waals surface area contributed by atoms with Crippen LogP contribution in [-0.4, -0.2) is 113 Å². The van der Waals surface area contributed by atoms with Gasteiger partial charge in [0.1, 0.15) is 42.8 Å². The third kappa shape index (κ3) is 10.8. The number of imidazole rings is 1. The van der Waals surface area contributed by atoms with Crippen molar-refractivity contribution >= 4 is 23.6 Å². The van der Waals surface area contributed by atoms with Gasteiger partial charge < -0.3 is 49.9 Å². The summed E-state index contributed by atoms with van der Waals surface area (Å²) in [6.45, 7) is 3.52. The van der Waals surface area contributed by atoms with Gasteiger partial charge in [0.2, 0.25) is 17.7 Å². The third-order valence-corrected chi connectivity index (χ3v) is 10.2. The van der Waals surface area contributed by atoms with Gasteiger partial charge in [0.05, 0.1) is 33.1 Å². The van der Waals surface area contributed by atoms with Crippen molar-refractivity contribution in [3.05, 3.63) is 103 Å². The first-order valence-corrected chi connectivity index (χ1v) is 19.4. The van der Waals surface area contributed by atoms with Crippen LogP contribution in [0.1, 0.15) is 30.9 Å². The molecule has 4 amide bonds. The summed E-state index contributed by atoms with van der Waals surface area (Å²) in [5.74, 6) is -0.211. The van der Waals surface area contributed by atoms with Crippen molar-refractivity contribution in [3.63, 3.8) is 0 Å². The Morgan fingerprint density at radius 2 is 1.62 bits per heavy atom. The number of nitrogens with zero attached hydrogens (tertiary/aromatic N) is 3. The van der Waals surface area contributed by atoms with Crippen LogP contribution < -0.4 is 40.2 Å². The second-order valence-corrected chi connectivity index (χ2v) is 14.3. The fourth-order valence-corrected chi connectivity index (χ4v) is 6.89. The number of likely N-dealkylation sites (tertiary alicyclic amines) is 1. The number of ether oxygens (including phenoxy) is 4. The number of carbonyl (C=O) groups is 4. The molecule has 4 aromatic rings. The van der Waals surface area contributed by atoms with Crippen molar-refractivity contribution in [1.29, 1.82) is 0 Å². The van der Waals surface area contributed by atoms with E-state index in [2.05, 4.69) is 31.2 Å². The van der Waals surface area contributed by atoms with Crippen molar-refractivity contribution < 1.29 is 43.2 Å². The molecule has 308 valence electrons. The van der Waals surface area contributed by atoms with Crippen LogP contribution in [0.3, 0.4) is 0 Å². The molecule has 58 heavy (non-hydrogen) atoms. The summed E-state index contributed by atoms with van der Waals surface area (Å²) in [6.07, 6.45) is 5.96. The number of benzene rings is 3. The molecule has 3 aliphatic rings. The lowest BCUT2D eigenvalue weighted by Crippen LogP contribution is -2.62. The van der Waals surface area contributed by atoms with Gasteiger partial charge in [-0.05, 0) is 42.8 Å². The zero-order valence-electron chi connectivity index (χ0n) is 32.7. The average Bonchev–Trinajstić information content (AvgIpc) is 3.76. The Balaban J connectivity index is 1.25. The molecule has 16 nitrogen and oxygen atoms in total. The highest BCUT2D eigenvalue weighted by atomic mass is 16.5. The molecule has 1 aromatic heterocycles. The van der Waals surface area contributed by atoms with Gasteiger partial charge in [0.15, 0.2) is 17.1 Å². The molecule has 0 unspecified atom stereocenters. The first kappa shape index (κ1) is 41.5. The number of hydrogen-bond acceptors (Lipinski definition) is 11. The number of nitrogens with one attached hydrogen (secondary N) is 4. The molecule has 0 radical (unpaired) electrons. The predicted molar refractivity (Wildman–Crippen MR) is 212 cm³/mol. The maximum absolute atomic E-state index is 14.7. The second kappa shape index (κ2) is 19.8. The Bertz CT molecular complexity index is 1970. The Hall–Kier alpha value is -6.13. The van der Waals surface area contributed by atoms with E-state index in [0.29, 0.717) is 55.8 Å². The SMILES string of the molecule is COc1cccc(CN2CCC3(CC2)Oc2ccc(cc2)OCCNC(=O)[C@H](C)NC(=O)[C@H](CO)NC(=O)[C@@H](Cc2ccccc2)NC3=O)c1OCCn1ccnc1. The van der Waals surface area contributed by atoms with Crippen LogP contribution in [0.2, 0.25) is 0 Å². The number of piperidine rings is 1. The number of rotatable bonds is 10. The fraction of sp³-hybridized carbons (Fsp3) is 0.405. The zero-order valence-corrected chi connectivity index (χ0v) is 32.7. The van der Waals surface area contributed by atoms with Gasteiger partial charge in [0.25, 0.3) is 5.91 Å². The lowest BCUT2D eigenvalue weighted by Gasteiger charge is -2.41. The number of methoxy groups -OCH3 is 1. The average molecular weight is 798 g/mol. The van der Waals surface area contributed by atoms with Crippen LogP contribution in [0, 0.1) is 0 Å². The zero-order chi connectivity index (χ0) is 40.9. The molecule has 5 N–H and O–H groups in total. The first-order chi connectivity index (χ1) is 28.2. The van der Waals surface area contributed by atoms with E-state index < -0.39 is 54.0 Å². The molecule has 1 fully saturated rings. The van der Waals surface area contributed by atoms with Gasteiger partial charge in [-0.3, -0.25) is 24.1 Å². The largest absolute Gasteiger partial charge is 0.493 e. The molecule has 1 spiro atoms. The molecule has 16 heteroatoms. The van der Waals surface area contributed by atoms with Crippen LogP contribution in [-0.2, 0) is 38.7 Å².